The van der Waals surface area contributed by atoms with E-state index in [4.69, 9.17) is 4.74 Å². The number of ether oxygens (including phenoxy) is 1. The third-order valence-electron chi connectivity index (χ3n) is 2.80. The van der Waals surface area contributed by atoms with Crippen molar-refractivity contribution in [2.24, 2.45) is 0 Å². The highest BCUT2D eigenvalue weighted by molar-refractivity contribution is 5.28. The van der Waals surface area contributed by atoms with Gasteiger partial charge in [0.1, 0.15) is 11.6 Å². The van der Waals surface area contributed by atoms with Crippen LogP contribution < -0.4 is 10.1 Å². The van der Waals surface area contributed by atoms with Gasteiger partial charge < -0.3 is 15.0 Å². The Hall–Kier alpha value is -1.13. The van der Waals surface area contributed by atoms with Gasteiger partial charge in [-0.3, -0.25) is 0 Å². The molecule has 1 N–H and O–H groups in total. The van der Waals surface area contributed by atoms with Crippen molar-refractivity contribution in [3.8, 4) is 5.75 Å². The average molecular weight is 254 g/mol. The van der Waals surface area contributed by atoms with E-state index in [1.807, 2.05) is 7.05 Å². The van der Waals surface area contributed by atoms with Crippen LogP contribution in [0, 0.1) is 5.82 Å². The minimum atomic E-state index is -0.206. The van der Waals surface area contributed by atoms with Crippen LogP contribution in [-0.4, -0.2) is 38.7 Å². The first-order chi connectivity index (χ1) is 8.67. The molecular weight excluding hydrogens is 231 g/mol. The highest BCUT2D eigenvalue weighted by atomic mass is 19.1. The lowest BCUT2D eigenvalue weighted by Crippen LogP contribution is -2.29. The number of hydrogen-bond donors (Lipinski definition) is 1. The van der Waals surface area contributed by atoms with E-state index in [9.17, 15) is 4.39 Å². The van der Waals surface area contributed by atoms with E-state index < -0.39 is 0 Å². The molecular formula is C14H23FN2O. The fraction of sp³-hybridized carbons (Fsp3) is 0.571. The van der Waals surface area contributed by atoms with E-state index in [2.05, 4.69) is 17.1 Å². The second-order valence-electron chi connectivity index (χ2n) is 4.45. The molecule has 1 aromatic rings. The molecule has 0 atom stereocenters. The molecule has 0 fully saturated rings. The van der Waals surface area contributed by atoms with Crippen molar-refractivity contribution in [2.45, 2.75) is 19.9 Å². The molecule has 1 rings (SSSR count). The van der Waals surface area contributed by atoms with E-state index in [0.717, 1.165) is 26.1 Å². The Kier molecular flexibility index (Phi) is 6.68. The first-order valence-electron chi connectivity index (χ1n) is 6.39. The smallest absolute Gasteiger partial charge is 0.131 e. The molecule has 3 nitrogen and oxygen atoms in total. The molecule has 0 heterocycles. The second-order valence-corrected chi connectivity index (χ2v) is 4.45. The van der Waals surface area contributed by atoms with Gasteiger partial charge in [-0.05, 0) is 26.1 Å². The summed E-state index contributed by atoms with van der Waals surface area (Å²) in [5.41, 5.74) is 0.703. The fourth-order valence-electron chi connectivity index (χ4n) is 1.72. The molecule has 0 saturated heterocycles. The van der Waals surface area contributed by atoms with Gasteiger partial charge in [-0.2, -0.15) is 0 Å². The van der Waals surface area contributed by atoms with Crippen molar-refractivity contribution >= 4 is 0 Å². The van der Waals surface area contributed by atoms with E-state index in [-0.39, 0.29) is 5.82 Å². The number of nitrogens with zero attached hydrogens (tertiary/aromatic N) is 1. The van der Waals surface area contributed by atoms with Gasteiger partial charge in [0.15, 0.2) is 0 Å². The Morgan fingerprint density at radius 1 is 1.33 bits per heavy atom. The zero-order chi connectivity index (χ0) is 13.4. The third-order valence-corrected chi connectivity index (χ3v) is 2.80. The van der Waals surface area contributed by atoms with Crippen LogP contribution in [0.25, 0.3) is 0 Å². The third kappa shape index (κ3) is 5.02. The predicted molar refractivity (Wildman–Crippen MR) is 72.4 cm³/mol. The van der Waals surface area contributed by atoms with Crippen molar-refractivity contribution < 1.29 is 9.13 Å². The molecule has 102 valence electrons. The molecule has 0 bridgehead atoms. The molecule has 0 unspecified atom stereocenters. The molecule has 18 heavy (non-hydrogen) atoms. The van der Waals surface area contributed by atoms with Gasteiger partial charge in [0.05, 0.1) is 7.11 Å². The van der Waals surface area contributed by atoms with Crippen LogP contribution in [0.4, 0.5) is 4.39 Å². The minimum absolute atomic E-state index is 0.206. The maximum atomic E-state index is 13.7. The molecule has 0 aromatic heterocycles. The molecule has 0 aliphatic carbocycles. The molecule has 0 radical (unpaired) electrons. The summed E-state index contributed by atoms with van der Waals surface area (Å²) in [4.78, 5) is 2.10. The topological polar surface area (TPSA) is 24.5 Å². The summed E-state index contributed by atoms with van der Waals surface area (Å²) in [6.07, 6.45) is 1.14. The van der Waals surface area contributed by atoms with Gasteiger partial charge in [0, 0.05) is 31.3 Å². The second kappa shape index (κ2) is 8.06. The predicted octanol–water partition coefficient (Wildman–Crippen LogP) is 2.27. The van der Waals surface area contributed by atoms with E-state index in [0.29, 0.717) is 17.9 Å². The molecule has 4 heteroatoms. The van der Waals surface area contributed by atoms with Crippen LogP contribution in [0.3, 0.4) is 0 Å². The molecule has 0 amide bonds. The number of benzene rings is 1. The van der Waals surface area contributed by atoms with Gasteiger partial charge >= 0.3 is 0 Å². The summed E-state index contributed by atoms with van der Waals surface area (Å²) in [5.74, 6) is 0.353. The van der Waals surface area contributed by atoms with Crippen molar-refractivity contribution in [3.63, 3.8) is 0 Å². The Morgan fingerprint density at radius 3 is 2.72 bits per heavy atom. The molecule has 0 spiro atoms. The van der Waals surface area contributed by atoms with Crippen molar-refractivity contribution in [1.82, 2.24) is 10.2 Å². The molecule has 0 aliphatic heterocycles. The van der Waals surface area contributed by atoms with Gasteiger partial charge in [-0.25, -0.2) is 4.39 Å². The largest absolute Gasteiger partial charge is 0.497 e. The first kappa shape index (κ1) is 14.9. The Labute approximate surface area is 109 Å². The summed E-state index contributed by atoms with van der Waals surface area (Å²) in [6.45, 7) is 5.63. The van der Waals surface area contributed by atoms with Crippen LogP contribution in [0.2, 0.25) is 0 Å². The van der Waals surface area contributed by atoms with E-state index >= 15 is 0 Å². The maximum absolute atomic E-state index is 13.7. The van der Waals surface area contributed by atoms with Gasteiger partial charge in [0.2, 0.25) is 0 Å². The number of methoxy groups -OCH3 is 1. The quantitative estimate of drug-likeness (QED) is 0.720. The summed E-state index contributed by atoms with van der Waals surface area (Å²) in [6, 6.07) is 5.00. The zero-order valence-electron chi connectivity index (χ0n) is 11.5. The Morgan fingerprint density at radius 2 is 2.11 bits per heavy atom. The Balaban J connectivity index is 2.41. The lowest BCUT2D eigenvalue weighted by Gasteiger charge is -2.17. The summed E-state index contributed by atoms with van der Waals surface area (Å²) in [7, 11) is 3.54. The number of likely N-dealkylation sites (N-methyl/N-ethyl adjacent to an activating group) is 1. The highest BCUT2D eigenvalue weighted by Gasteiger charge is 2.06. The monoisotopic (exact) mass is 254 g/mol. The van der Waals surface area contributed by atoms with Gasteiger partial charge in [0.25, 0.3) is 0 Å². The van der Waals surface area contributed by atoms with Crippen molar-refractivity contribution in [2.75, 3.05) is 33.8 Å². The van der Waals surface area contributed by atoms with Gasteiger partial charge in [-0.15, -0.1) is 0 Å². The van der Waals surface area contributed by atoms with Crippen LogP contribution in [0.1, 0.15) is 18.9 Å². The Bertz CT molecular complexity index is 358. The molecule has 0 saturated carbocycles. The molecule has 0 aliphatic rings. The highest BCUT2D eigenvalue weighted by Crippen LogP contribution is 2.17. The van der Waals surface area contributed by atoms with E-state index in [1.54, 1.807) is 19.2 Å². The number of rotatable bonds is 8. The van der Waals surface area contributed by atoms with Crippen LogP contribution in [0.5, 0.6) is 5.75 Å². The number of nitrogens with one attached hydrogen (secondary N) is 1. The minimum Gasteiger partial charge on any atom is -0.497 e. The molecule has 1 aromatic carbocycles. The van der Waals surface area contributed by atoms with Crippen molar-refractivity contribution in [1.29, 1.82) is 0 Å². The first-order valence-corrected chi connectivity index (χ1v) is 6.39. The fourth-order valence-corrected chi connectivity index (χ4v) is 1.72. The number of hydrogen-bond acceptors (Lipinski definition) is 3. The standard InChI is InChI=1S/C14H23FN2O/c1-4-7-16-8-9-17(2)11-12-5-6-13(18-3)10-14(12)15/h5-6,10,16H,4,7-9,11H2,1-3H3. The van der Waals surface area contributed by atoms with Crippen LogP contribution in [0.15, 0.2) is 18.2 Å². The van der Waals surface area contributed by atoms with Gasteiger partial charge in [-0.1, -0.05) is 13.0 Å². The van der Waals surface area contributed by atoms with Crippen LogP contribution >= 0.6 is 0 Å². The maximum Gasteiger partial charge on any atom is 0.131 e. The van der Waals surface area contributed by atoms with Crippen LogP contribution in [-0.2, 0) is 6.54 Å². The summed E-state index contributed by atoms with van der Waals surface area (Å²) >= 11 is 0. The number of halogens is 1. The lowest BCUT2D eigenvalue weighted by atomic mass is 10.2. The van der Waals surface area contributed by atoms with E-state index in [1.165, 1.54) is 6.07 Å². The normalized spacial score (nSPS) is 10.9. The zero-order valence-corrected chi connectivity index (χ0v) is 11.5. The average Bonchev–Trinajstić information content (AvgIpc) is 2.37. The SMILES string of the molecule is CCCNCCN(C)Cc1ccc(OC)cc1F. The summed E-state index contributed by atoms with van der Waals surface area (Å²) < 4.78 is 18.7. The van der Waals surface area contributed by atoms with Crippen molar-refractivity contribution in [3.05, 3.63) is 29.6 Å². The summed E-state index contributed by atoms with van der Waals surface area (Å²) in [5, 5.41) is 3.33. The lowest BCUT2D eigenvalue weighted by molar-refractivity contribution is 0.318.